The van der Waals surface area contributed by atoms with Gasteiger partial charge in [-0.05, 0) is 61.1 Å². The third-order valence-corrected chi connectivity index (χ3v) is 5.21. The lowest BCUT2D eigenvalue weighted by molar-refractivity contribution is 0.289. The molecule has 1 aliphatic carbocycles. The topological polar surface area (TPSA) is 0 Å². The summed E-state index contributed by atoms with van der Waals surface area (Å²) >= 11 is 0. The monoisotopic (exact) mass is 292 g/mol. The number of aryl methyl sites for hydroxylation is 1. The SMILES string of the molecule is Cc1ccc(Cc2ccc(CC3CCC(C)CC3)cc2)cc1. The standard InChI is InChI=1S/C22H28/c1-17-3-7-19(8-4-17)15-21-11-13-22(14-12-21)16-20-9-5-18(2)6-10-20/h3-4,7-8,11-14,18,20H,5-6,9-10,15-16H2,1-2H3. The van der Waals surface area contributed by atoms with Crippen LogP contribution in [0.4, 0.5) is 0 Å². The summed E-state index contributed by atoms with van der Waals surface area (Å²) in [6.07, 6.45) is 8.02. The molecule has 3 rings (SSSR count). The zero-order valence-electron chi connectivity index (χ0n) is 14.0. The van der Waals surface area contributed by atoms with Crippen molar-refractivity contribution in [2.24, 2.45) is 11.8 Å². The van der Waals surface area contributed by atoms with E-state index in [0.717, 1.165) is 18.3 Å². The summed E-state index contributed by atoms with van der Waals surface area (Å²) in [6.45, 7) is 4.54. The average Bonchev–Trinajstić information content (AvgIpc) is 2.54. The van der Waals surface area contributed by atoms with Crippen LogP contribution in [0, 0.1) is 18.8 Å². The van der Waals surface area contributed by atoms with Gasteiger partial charge in [-0.25, -0.2) is 0 Å². The second-order valence-electron chi connectivity index (χ2n) is 7.31. The summed E-state index contributed by atoms with van der Waals surface area (Å²) in [5, 5.41) is 0. The lowest BCUT2D eigenvalue weighted by atomic mass is 9.80. The minimum Gasteiger partial charge on any atom is -0.0625 e. The van der Waals surface area contributed by atoms with Crippen LogP contribution in [0.3, 0.4) is 0 Å². The summed E-state index contributed by atoms with van der Waals surface area (Å²) in [6, 6.07) is 18.2. The van der Waals surface area contributed by atoms with Crippen molar-refractivity contribution in [3.05, 3.63) is 70.8 Å². The van der Waals surface area contributed by atoms with Gasteiger partial charge in [0.25, 0.3) is 0 Å². The van der Waals surface area contributed by atoms with Crippen molar-refractivity contribution in [2.45, 2.75) is 52.4 Å². The molecular formula is C22H28. The van der Waals surface area contributed by atoms with E-state index in [2.05, 4.69) is 62.4 Å². The summed E-state index contributed by atoms with van der Waals surface area (Å²) in [7, 11) is 0. The first-order chi connectivity index (χ1) is 10.7. The molecule has 0 aliphatic heterocycles. The Morgan fingerprint density at radius 3 is 1.82 bits per heavy atom. The van der Waals surface area contributed by atoms with E-state index >= 15 is 0 Å². The van der Waals surface area contributed by atoms with Crippen LogP contribution in [-0.2, 0) is 12.8 Å². The molecule has 0 radical (unpaired) electrons. The Bertz CT molecular complexity index is 568. The van der Waals surface area contributed by atoms with E-state index in [0.29, 0.717) is 0 Å². The first kappa shape index (κ1) is 15.3. The molecule has 1 aliphatic rings. The van der Waals surface area contributed by atoms with Gasteiger partial charge in [-0.2, -0.15) is 0 Å². The maximum absolute atomic E-state index is 2.40. The molecule has 0 heterocycles. The minimum atomic E-state index is 0.916. The molecule has 1 saturated carbocycles. The van der Waals surface area contributed by atoms with Gasteiger partial charge in [0.05, 0.1) is 0 Å². The second kappa shape index (κ2) is 7.13. The lowest BCUT2D eigenvalue weighted by Gasteiger charge is -2.26. The fraction of sp³-hybridized carbons (Fsp3) is 0.455. The molecule has 116 valence electrons. The molecule has 0 spiro atoms. The van der Waals surface area contributed by atoms with E-state index in [4.69, 9.17) is 0 Å². The van der Waals surface area contributed by atoms with Gasteiger partial charge in [0.2, 0.25) is 0 Å². The lowest BCUT2D eigenvalue weighted by Crippen LogP contribution is -2.14. The van der Waals surface area contributed by atoms with Crippen LogP contribution in [0.1, 0.15) is 54.9 Å². The number of hydrogen-bond acceptors (Lipinski definition) is 0. The molecule has 0 heteroatoms. The van der Waals surface area contributed by atoms with Crippen molar-refractivity contribution in [1.82, 2.24) is 0 Å². The highest BCUT2D eigenvalue weighted by molar-refractivity contribution is 5.30. The van der Waals surface area contributed by atoms with Crippen LogP contribution in [0.25, 0.3) is 0 Å². The third kappa shape index (κ3) is 4.22. The molecule has 2 aromatic carbocycles. The van der Waals surface area contributed by atoms with Crippen molar-refractivity contribution in [1.29, 1.82) is 0 Å². The largest absolute Gasteiger partial charge is 0.0625 e. The molecule has 0 aromatic heterocycles. The van der Waals surface area contributed by atoms with Crippen molar-refractivity contribution in [3.8, 4) is 0 Å². The van der Waals surface area contributed by atoms with E-state index in [1.54, 1.807) is 0 Å². The average molecular weight is 292 g/mol. The van der Waals surface area contributed by atoms with E-state index < -0.39 is 0 Å². The molecular weight excluding hydrogens is 264 g/mol. The van der Waals surface area contributed by atoms with Gasteiger partial charge in [-0.15, -0.1) is 0 Å². The van der Waals surface area contributed by atoms with E-state index in [1.807, 2.05) is 0 Å². The maximum atomic E-state index is 2.40. The Balaban J connectivity index is 1.57. The van der Waals surface area contributed by atoms with Crippen molar-refractivity contribution >= 4 is 0 Å². The van der Waals surface area contributed by atoms with Crippen LogP contribution in [0.15, 0.2) is 48.5 Å². The van der Waals surface area contributed by atoms with Crippen LogP contribution in [-0.4, -0.2) is 0 Å². The first-order valence-corrected chi connectivity index (χ1v) is 8.82. The van der Waals surface area contributed by atoms with Gasteiger partial charge in [0.15, 0.2) is 0 Å². The molecule has 0 nitrogen and oxygen atoms in total. The zero-order chi connectivity index (χ0) is 15.4. The molecule has 0 N–H and O–H groups in total. The minimum absolute atomic E-state index is 0.916. The smallest absolute Gasteiger partial charge is 0.00258 e. The first-order valence-electron chi connectivity index (χ1n) is 8.82. The summed E-state index contributed by atoms with van der Waals surface area (Å²) < 4.78 is 0. The van der Waals surface area contributed by atoms with Gasteiger partial charge in [-0.3, -0.25) is 0 Å². The number of benzene rings is 2. The highest BCUT2D eigenvalue weighted by atomic mass is 14.2. The number of hydrogen-bond donors (Lipinski definition) is 0. The molecule has 22 heavy (non-hydrogen) atoms. The van der Waals surface area contributed by atoms with Gasteiger partial charge in [0, 0.05) is 0 Å². The Hall–Kier alpha value is -1.56. The van der Waals surface area contributed by atoms with Crippen LogP contribution in [0.5, 0.6) is 0 Å². The van der Waals surface area contributed by atoms with Crippen LogP contribution in [0.2, 0.25) is 0 Å². The molecule has 0 atom stereocenters. The van der Waals surface area contributed by atoms with E-state index in [1.165, 1.54) is 54.4 Å². The molecule has 1 fully saturated rings. The predicted octanol–water partition coefficient (Wildman–Crippen LogP) is 5.95. The Labute approximate surface area is 135 Å². The molecule has 0 amide bonds. The third-order valence-electron chi connectivity index (χ3n) is 5.21. The van der Waals surface area contributed by atoms with Crippen molar-refractivity contribution in [2.75, 3.05) is 0 Å². The quantitative estimate of drug-likeness (QED) is 0.652. The zero-order valence-corrected chi connectivity index (χ0v) is 14.0. The van der Waals surface area contributed by atoms with Gasteiger partial charge < -0.3 is 0 Å². The molecule has 0 unspecified atom stereocenters. The van der Waals surface area contributed by atoms with Crippen molar-refractivity contribution < 1.29 is 0 Å². The highest BCUT2D eigenvalue weighted by Crippen LogP contribution is 2.30. The summed E-state index contributed by atoms with van der Waals surface area (Å²) in [5.41, 5.74) is 5.68. The Morgan fingerprint density at radius 1 is 0.727 bits per heavy atom. The van der Waals surface area contributed by atoms with E-state index in [9.17, 15) is 0 Å². The molecule has 0 bridgehead atoms. The highest BCUT2D eigenvalue weighted by Gasteiger charge is 2.18. The second-order valence-corrected chi connectivity index (χ2v) is 7.31. The predicted molar refractivity (Wildman–Crippen MR) is 95.3 cm³/mol. The summed E-state index contributed by atoms with van der Waals surface area (Å²) in [4.78, 5) is 0. The molecule has 0 saturated heterocycles. The van der Waals surface area contributed by atoms with Gasteiger partial charge in [-0.1, -0.05) is 73.9 Å². The Kier molecular flexibility index (Phi) is 4.97. The fourth-order valence-electron chi connectivity index (χ4n) is 3.60. The van der Waals surface area contributed by atoms with Gasteiger partial charge in [0.1, 0.15) is 0 Å². The van der Waals surface area contributed by atoms with Crippen LogP contribution < -0.4 is 0 Å². The fourth-order valence-corrected chi connectivity index (χ4v) is 3.60. The van der Waals surface area contributed by atoms with Crippen LogP contribution >= 0.6 is 0 Å². The molecule has 2 aromatic rings. The van der Waals surface area contributed by atoms with Gasteiger partial charge >= 0.3 is 0 Å². The summed E-state index contributed by atoms with van der Waals surface area (Å²) in [5.74, 6) is 1.87. The maximum Gasteiger partial charge on any atom is -0.00258 e. The normalized spacial score (nSPS) is 21.7. The van der Waals surface area contributed by atoms with E-state index in [-0.39, 0.29) is 0 Å². The van der Waals surface area contributed by atoms with Crippen molar-refractivity contribution in [3.63, 3.8) is 0 Å². The number of rotatable bonds is 4. The Morgan fingerprint density at radius 2 is 1.23 bits per heavy atom.